The van der Waals surface area contributed by atoms with E-state index in [9.17, 15) is 4.79 Å². The van der Waals surface area contributed by atoms with Crippen LogP contribution < -0.4 is 9.64 Å². The van der Waals surface area contributed by atoms with Crippen LogP contribution in [0.5, 0.6) is 5.88 Å². The lowest BCUT2D eigenvalue weighted by Gasteiger charge is -2.24. The molecule has 0 bridgehead atoms. The van der Waals surface area contributed by atoms with Gasteiger partial charge in [0.15, 0.2) is 0 Å². The lowest BCUT2D eigenvalue weighted by Crippen LogP contribution is -2.32. The van der Waals surface area contributed by atoms with Gasteiger partial charge in [0.05, 0.1) is 12.5 Å². The predicted octanol–water partition coefficient (Wildman–Crippen LogP) is 1.73. The quantitative estimate of drug-likeness (QED) is 0.811. The monoisotopic (exact) mass is 267 g/mol. The van der Waals surface area contributed by atoms with Gasteiger partial charge in [-0.15, -0.1) is 0 Å². The van der Waals surface area contributed by atoms with Crippen molar-refractivity contribution in [2.75, 3.05) is 24.6 Å². The maximum Gasteiger partial charge on any atom is 0.308 e. The zero-order valence-electron chi connectivity index (χ0n) is 11.9. The number of anilines is 1. The van der Waals surface area contributed by atoms with Crippen LogP contribution in [0.3, 0.4) is 0 Å². The van der Waals surface area contributed by atoms with Crippen LogP contribution in [0.2, 0.25) is 0 Å². The normalized spacial score (nSPS) is 12.0. The average molecular weight is 267 g/mol. The third-order valence-electron chi connectivity index (χ3n) is 2.71. The first kappa shape index (κ1) is 15.2. The Hall–Kier alpha value is -1.85. The largest absolute Gasteiger partial charge is 0.481 e. The molecular weight excluding hydrogens is 246 g/mol. The summed E-state index contributed by atoms with van der Waals surface area (Å²) in [5.74, 6) is 0.570. The fourth-order valence-electron chi connectivity index (χ4n) is 1.70. The molecule has 0 saturated carbocycles. The van der Waals surface area contributed by atoms with Gasteiger partial charge < -0.3 is 14.7 Å². The fourth-order valence-corrected chi connectivity index (χ4v) is 1.70. The molecule has 0 radical (unpaired) electrons. The zero-order valence-corrected chi connectivity index (χ0v) is 11.9. The first-order valence-electron chi connectivity index (χ1n) is 6.44. The molecule has 1 N–H and O–H groups in total. The van der Waals surface area contributed by atoms with Crippen LogP contribution in [0.15, 0.2) is 6.07 Å². The van der Waals surface area contributed by atoms with E-state index in [1.54, 1.807) is 19.9 Å². The van der Waals surface area contributed by atoms with Gasteiger partial charge in [0.1, 0.15) is 11.6 Å². The number of aliphatic carboxylic acids is 1. The number of nitrogens with zero attached hydrogens (tertiary/aromatic N) is 3. The van der Waals surface area contributed by atoms with Crippen molar-refractivity contribution in [1.82, 2.24) is 9.97 Å². The van der Waals surface area contributed by atoms with Crippen molar-refractivity contribution in [3.05, 3.63) is 11.9 Å². The highest BCUT2D eigenvalue weighted by molar-refractivity contribution is 5.70. The highest BCUT2D eigenvalue weighted by Gasteiger charge is 2.17. The second-order valence-corrected chi connectivity index (χ2v) is 4.32. The van der Waals surface area contributed by atoms with E-state index >= 15 is 0 Å². The SMILES string of the molecule is CCOc1cc(N(CC)CC(C)C(=O)O)nc(C)n1. The number of aromatic nitrogens is 2. The first-order chi connectivity index (χ1) is 8.97. The Morgan fingerprint density at radius 3 is 2.68 bits per heavy atom. The van der Waals surface area contributed by atoms with E-state index in [0.717, 1.165) is 0 Å². The van der Waals surface area contributed by atoms with Crippen LogP contribution in [0.4, 0.5) is 5.82 Å². The molecule has 1 heterocycles. The Kier molecular flexibility index (Phi) is 5.54. The van der Waals surface area contributed by atoms with Gasteiger partial charge in [0, 0.05) is 19.2 Å². The second-order valence-electron chi connectivity index (χ2n) is 4.32. The highest BCUT2D eigenvalue weighted by Crippen LogP contribution is 2.18. The Labute approximate surface area is 113 Å². The summed E-state index contributed by atoms with van der Waals surface area (Å²) in [5.41, 5.74) is 0. The van der Waals surface area contributed by atoms with Crippen molar-refractivity contribution in [2.24, 2.45) is 5.92 Å². The number of hydrogen-bond donors (Lipinski definition) is 1. The van der Waals surface area contributed by atoms with E-state index in [4.69, 9.17) is 9.84 Å². The van der Waals surface area contributed by atoms with Gasteiger partial charge >= 0.3 is 5.97 Å². The second kappa shape index (κ2) is 6.92. The maximum absolute atomic E-state index is 10.9. The van der Waals surface area contributed by atoms with Crippen LogP contribution >= 0.6 is 0 Å². The van der Waals surface area contributed by atoms with Crippen molar-refractivity contribution in [2.45, 2.75) is 27.7 Å². The van der Waals surface area contributed by atoms with Gasteiger partial charge in [0.25, 0.3) is 0 Å². The van der Waals surface area contributed by atoms with Crippen molar-refractivity contribution in [3.8, 4) is 5.88 Å². The van der Waals surface area contributed by atoms with Gasteiger partial charge in [-0.05, 0) is 20.8 Å². The Morgan fingerprint density at radius 1 is 1.47 bits per heavy atom. The Bertz CT molecular complexity index is 437. The van der Waals surface area contributed by atoms with E-state index in [-0.39, 0.29) is 0 Å². The summed E-state index contributed by atoms with van der Waals surface area (Å²) in [5, 5.41) is 8.98. The van der Waals surface area contributed by atoms with E-state index in [1.165, 1.54) is 0 Å². The molecule has 0 spiro atoms. The van der Waals surface area contributed by atoms with Crippen LogP contribution in [0, 0.1) is 12.8 Å². The van der Waals surface area contributed by atoms with Gasteiger partial charge in [0.2, 0.25) is 5.88 Å². The fraction of sp³-hybridized carbons (Fsp3) is 0.615. The summed E-state index contributed by atoms with van der Waals surface area (Å²) >= 11 is 0. The highest BCUT2D eigenvalue weighted by atomic mass is 16.5. The third kappa shape index (κ3) is 4.39. The first-order valence-corrected chi connectivity index (χ1v) is 6.44. The minimum atomic E-state index is -0.811. The number of ether oxygens (including phenoxy) is 1. The average Bonchev–Trinajstić information content (AvgIpc) is 2.35. The number of hydrogen-bond acceptors (Lipinski definition) is 5. The third-order valence-corrected chi connectivity index (χ3v) is 2.71. The number of carboxylic acids is 1. The molecule has 0 fully saturated rings. The lowest BCUT2D eigenvalue weighted by atomic mass is 10.1. The van der Waals surface area contributed by atoms with E-state index in [1.807, 2.05) is 18.7 Å². The molecule has 19 heavy (non-hydrogen) atoms. The smallest absolute Gasteiger partial charge is 0.308 e. The molecular formula is C13H21N3O3. The van der Waals surface area contributed by atoms with E-state index in [0.29, 0.717) is 37.2 Å². The molecule has 0 aliphatic heterocycles. The molecule has 1 atom stereocenters. The van der Waals surface area contributed by atoms with Crippen molar-refractivity contribution >= 4 is 11.8 Å². The molecule has 1 aromatic rings. The van der Waals surface area contributed by atoms with Gasteiger partial charge in [-0.3, -0.25) is 4.79 Å². The van der Waals surface area contributed by atoms with Gasteiger partial charge in [-0.25, -0.2) is 4.98 Å². The molecule has 106 valence electrons. The molecule has 0 aliphatic carbocycles. The molecule has 1 aromatic heterocycles. The summed E-state index contributed by atoms with van der Waals surface area (Å²) in [6, 6.07) is 1.74. The van der Waals surface area contributed by atoms with Crippen molar-refractivity contribution in [3.63, 3.8) is 0 Å². The van der Waals surface area contributed by atoms with Gasteiger partial charge in [-0.1, -0.05) is 6.92 Å². The summed E-state index contributed by atoms with van der Waals surface area (Å²) in [6.45, 7) is 8.96. The lowest BCUT2D eigenvalue weighted by molar-refractivity contribution is -0.140. The van der Waals surface area contributed by atoms with E-state index in [2.05, 4.69) is 9.97 Å². The molecule has 0 aliphatic rings. The van der Waals surface area contributed by atoms with Crippen LogP contribution in [0.25, 0.3) is 0 Å². The maximum atomic E-state index is 10.9. The van der Waals surface area contributed by atoms with Crippen LogP contribution in [-0.2, 0) is 4.79 Å². The molecule has 1 unspecified atom stereocenters. The predicted molar refractivity (Wildman–Crippen MR) is 72.6 cm³/mol. The minimum absolute atomic E-state index is 0.411. The topological polar surface area (TPSA) is 75.5 Å². The van der Waals surface area contributed by atoms with E-state index < -0.39 is 11.9 Å². The van der Waals surface area contributed by atoms with Crippen molar-refractivity contribution < 1.29 is 14.6 Å². The summed E-state index contributed by atoms with van der Waals surface area (Å²) in [7, 11) is 0. The Morgan fingerprint density at radius 2 is 2.16 bits per heavy atom. The summed E-state index contributed by atoms with van der Waals surface area (Å²) in [4.78, 5) is 21.4. The summed E-state index contributed by atoms with van der Waals surface area (Å²) < 4.78 is 5.38. The van der Waals surface area contributed by atoms with Gasteiger partial charge in [-0.2, -0.15) is 4.98 Å². The molecule has 0 saturated heterocycles. The van der Waals surface area contributed by atoms with Crippen LogP contribution in [-0.4, -0.2) is 40.7 Å². The number of carboxylic acid groups (broad SMARTS) is 1. The number of carbonyl (C=O) groups is 1. The zero-order chi connectivity index (χ0) is 14.4. The summed E-state index contributed by atoms with van der Waals surface area (Å²) in [6.07, 6.45) is 0. The minimum Gasteiger partial charge on any atom is -0.481 e. The standard InChI is InChI=1S/C13H21N3O3/c1-5-16(8-9(3)13(17)18)11-7-12(19-6-2)15-10(4)14-11/h7,9H,5-6,8H2,1-4H3,(H,17,18). The van der Waals surface area contributed by atoms with Crippen molar-refractivity contribution in [1.29, 1.82) is 0 Å². The molecule has 6 nitrogen and oxygen atoms in total. The Balaban J connectivity index is 2.94. The number of rotatable bonds is 7. The molecule has 0 aromatic carbocycles. The number of aryl methyl sites for hydroxylation is 1. The van der Waals surface area contributed by atoms with Crippen LogP contribution in [0.1, 0.15) is 26.6 Å². The molecule has 6 heteroatoms. The molecule has 1 rings (SSSR count). The molecule has 0 amide bonds.